The lowest BCUT2D eigenvalue weighted by Crippen LogP contribution is -2.42. The van der Waals surface area contributed by atoms with Crippen LogP contribution in [0.15, 0.2) is 84.9 Å². The first-order valence-corrected chi connectivity index (χ1v) is 19.8. The van der Waals surface area contributed by atoms with E-state index in [0.717, 1.165) is 22.6 Å². The first kappa shape index (κ1) is 34.7. The minimum atomic E-state index is -0.376. The quantitative estimate of drug-likeness (QED) is 0.0769. The van der Waals surface area contributed by atoms with Crippen LogP contribution in [0.4, 0.5) is 0 Å². The summed E-state index contributed by atoms with van der Waals surface area (Å²) < 4.78 is 0. The SMILES string of the molecule is Cc1ccc(C(CSSSC(c2ccccc2)N(O)C(C)(C)C)SSCC(c2ccccc2)N(O)C(C)(C)C)cc1. The third-order valence-electron chi connectivity index (χ3n) is 6.42. The van der Waals surface area contributed by atoms with Gasteiger partial charge in [0.2, 0.25) is 0 Å². The maximum absolute atomic E-state index is 11.1. The Bertz CT molecular complexity index is 1150. The van der Waals surface area contributed by atoms with Crippen molar-refractivity contribution in [3.05, 3.63) is 107 Å². The molecular weight excluding hydrogens is 605 g/mol. The van der Waals surface area contributed by atoms with Gasteiger partial charge in [0.05, 0.1) is 6.04 Å². The van der Waals surface area contributed by atoms with Crippen LogP contribution in [0.2, 0.25) is 0 Å². The monoisotopic (exact) mass is 648 g/mol. The van der Waals surface area contributed by atoms with Gasteiger partial charge in [0.1, 0.15) is 5.37 Å². The molecule has 3 unspecified atom stereocenters. The fourth-order valence-electron chi connectivity index (χ4n) is 3.96. The standard InChI is InChI=1S/C32H44N2O2S5/c1-24-18-20-26(21-19-24)29(39-37-22-28(33(35)31(2,3)4)25-14-10-8-11-15-25)23-38-41-40-30(34(36)32(5,6)7)27-16-12-9-13-17-27/h8-21,28-30,35-36H,22-23H2,1-7H3. The summed E-state index contributed by atoms with van der Waals surface area (Å²) in [5.41, 5.74) is 4.02. The van der Waals surface area contributed by atoms with Gasteiger partial charge in [-0.25, -0.2) is 0 Å². The number of rotatable bonds is 14. The molecule has 0 radical (unpaired) electrons. The van der Waals surface area contributed by atoms with Crippen LogP contribution in [0.1, 0.15) is 80.5 Å². The van der Waals surface area contributed by atoms with E-state index in [9.17, 15) is 10.4 Å². The number of hydroxylamine groups is 4. The van der Waals surface area contributed by atoms with Crippen molar-refractivity contribution in [2.24, 2.45) is 0 Å². The van der Waals surface area contributed by atoms with E-state index in [-0.39, 0.29) is 27.7 Å². The lowest BCUT2D eigenvalue weighted by Gasteiger charge is -2.36. The Morgan fingerprint density at radius 3 is 1.68 bits per heavy atom. The van der Waals surface area contributed by atoms with E-state index < -0.39 is 0 Å². The number of hydrogen-bond donors (Lipinski definition) is 2. The van der Waals surface area contributed by atoms with Crippen molar-refractivity contribution in [2.45, 2.75) is 76.2 Å². The molecule has 0 saturated carbocycles. The Labute approximate surface area is 266 Å². The second kappa shape index (κ2) is 16.4. The largest absolute Gasteiger partial charge is 0.313 e. The maximum Gasteiger partial charge on any atom is 0.117 e. The zero-order chi connectivity index (χ0) is 30.0. The van der Waals surface area contributed by atoms with Gasteiger partial charge in [-0.3, -0.25) is 0 Å². The van der Waals surface area contributed by atoms with Crippen LogP contribution in [0, 0.1) is 6.92 Å². The van der Waals surface area contributed by atoms with E-state index in [1.807, 2.05) is 110 Å². The molecule has 0 amide bonds. The van der Waals surface area contributed by atoms with Crippen LogP contribution in [0.5, 0.6) is 0 Å². The van der Waals surface area contributed by atoms with Crippen molar-refractivity contribution in [2.75, 3.05) is 11.5 Å². The zero-order valence-electron chi connectivity index (χ0n) is 25.1. The second-order valence-electron chi connectivity index (χ2n) is 11.9. The van der Waals surface area contributed by atoms with Gasteiger partial charge in [-0.2, -0.15) is 10.1 Å². The Kier molecular flexibility index (Phi) is 13.9. The highest BCUT2D eigenvalue weighted by atomic mass is 33.5. The molecule has 41 heavy (non-hydrogen) atoms. The molecule has 0 aliphatic rings. The molecule has 224 valence electrons. The molecule has 0 heterocycles. The topological polar surface area (TPSA) is 46.9 Å². The number of nitrogens with zero attached hydrogens (tertiary/aromatic N) is 2. The molecule has 3 rings (SSSR count). The van der Waals surface area contributed by atoms with Crippen LogP contribution in [-0.4, -0.2) is 43.1 Å². The highest BCUT2D eigenvalue weighted by Crippen LogP contribution is 2.51. The van der Waals surface area contributed by atoms with E-state index in [4.69, 9.17) is 0 Å². The Morgan fingerprint density at radius 1 is 0.610 bits per heavy atom. The van der Waals surface area contributed by atoms with Crippen molar-refractivity contribution < 1.29 is 10.4 Å². The van der Waals surface area contributed by atoms with Crippen molar-refractivity contribution in [3.8, 4) is 0 Å². The van der Waals surface area contributed by atoms with Crippen LogP contribution < -0.4 is 0 Å². The van der Waals surface area contributed by atoms with Crippen LogP contribution >= 0.6 is 53.0 Å². The molecule has 0 fully saturated rings. The van der Waals surface area contributed by atoms with Crippen LogP contribution in [0.3, 0.4) is 0 Å². The predicted octanol–water partition coefficient (Wildman–Crippen LogP) is 10.9. The molecule has 0 bridgehead atoms. The first-order valence-electron chi connectivity index (χ1n) is 13.7. The number of benzene rings is 3. The lowest BCUT2D eigenvalue weighted by atomic mass is 10.0. The maximum atomic E-state index is 11.1. The first-order chi connectivity index (χ1) is 19.4. The average Bonchev–Trinajstić information content (AvgIpc) is 2.94. The highest BCUT2D eigenvalue weighted by Gasteiger charge is 2.31. The minimum Gasteiger partial charge on any atom is -0.313 e. The molecular formula is C32H44N2O2S5. The van der Waals surface area contributed by atoms with Gasteiger partial charge in [-0.15, -0.1) is 0 Å². The van der Waals surface area contributed by atoms with E-state index in [2.05, 4.69) is 55.5 Å². The van der Waals surface area contributed by atoms with Crippen molar-refractivity contribution >= 4 is 53.0 Å². The average molecular weight is 649 g/mol. The summed E-state index contributed by atoms with van der Waals surface area (Å²) in [7, 11) is 8.93. The molecule has 3 aromatic rings. The smallest absolute Gasteiger partial charge is 0.117 e. The van der Waals surface area contributed by atoms with E-state index in [0.29, 0.717) is 0 Å². The fraction of sp³-hybridized carbons (Fsp3) is 0.438. The zero-order valence-corrected chi connectivity index (χ0v) is 29.1. The van der Waals surface area contributed by atoms with Crippen molar-refractivity contribution in [1.29, 1.82) is 0 Å². The minimum absolute atomic E-state index is 0.107. The Balaban J connectivity index is 1.68. The predicted molar refractivity (Wildman–Crippen MR) is 187 cm³/mol. The van der Waals surface area contributed by atoms with Gasteiger partial charge >= 0.3 is 0 Å². The number of hydrogen-bond acceptors (Lipinski definition) is 9. The van der Waals surface area contributed by atoms with E-state index in [1.54, 1.807) is 20.6 Å². The third-order valence-corrected chi connectivity index (χ3v) is 13.8. The molecule has 4 nitrogen and oxygen atoms in total. The summed E-state index contributed by atoms with van der Waals surface area (Å²) in [6, 6.07) is 29.2. The van der Waals surface area contributed by atoms with Gasteiger partial charge < -0.3 is 10.4 Å². The van der Waals surface area contributed by atoms with E-state index in [1.165, 1.54) is 21.3 Å². The molecule has 0 aromatic heterocycles. The molecule has 9 heteroatoms. The van der Waals surface area contributed by atoms with Gasteiger partial charge in [-0.05, 0) is 75.0 Å². The Hall–Kier alpha value is -0.750. The molecule has 0 aliphatic heterocycles. The summed E-state index contributed by atoms with van der Waals surface area (Å²) >= 11 is 0. The molecule has 3 atom stereocenters. The summed E-state index contributed by atoms with van der Waals surface area (Å²) in [5.74, 6) is 1.68. The molecule has 3 aromatic carbocycles. The molecule has 2 N–H and O–H groups in total. The number of aryl methyl sites for hydroxylation is 1. The normalized spacial score (nSPS) is 14.8. The summed E-state index contributed by atoms with van der Waals surface area (Å²) in [5, 5.41) is 25.2. The van der Waals surface area contributed by atoms with Crippen molar-refractivity contribution in [3.63, 3.8) is 0 Å². The van der Waals surface area contributed by atoms with Gasteiger partial charge in [0.25, 0.3) is 0 Å². The summed E-state index contributed by atoms with van der Waals surface area (Å²) in [6.07, 6.45) is 0. The van der Waals surface area contributed by atoms with Gasteiger partial charge in [0, 0.05) is 27.8 Å². The van der Waals surface area contributed by atoms with Gasteiger partial charge in [0.15, 0.2) is 0 Å². The summed E-state index contributed by atoms with van der Waals surface area (Å²) in [6.45, 7) is 14.3. The molecule has 0 saturated heterocycles. The van der Waals surface area contributed by atoms with Crippen LogP contribution in [-0.2, 0) is 0 Å². The van der Waals surface area contributed by atoms with Crippen molar-refractivity contribution in [1.82, 2.24) is 10.1 Å². The van der Waals surface area contributed by atoms with Gasteiger partial charge in [-0.1, -0.05) is 134 Å². The molecule has 0 aliphatic carbocycles. The third kappa shape index (κ3) is 11.0. The summed E-state index contributed by atoms with van der Waals surface area (Å²) in [4.78, 5) is 0. The highest BCUT2D eigenvalue weighted by molar-refractivity contribution is 9.09. The van der Waals surface area contributed by atoms with E-state index >= 15 is 0 Å². The lowest BCUT2D eigenvalue weighted by molar-refractivity contribution is -0.183. The van der Waals surface area contributed by atoms with Crippen LogP contribution in [0.25, 0.3) is 0 Å². The Morgan fingerprint density at radius 2 is 1.15 bits per heavy atom. The molecule has 0 spiro atoms. The second-order valence-corrected chi connectivity index (χ2v) is 18.8. The fourth-order valence-corrected chi connectivity index (χ4v) is 11.9.